The van der Waals surface area contributed by atoms with Crippen molar-refractivity contribution < 1.29 is 28.6 Å². The molecule has 1 unspecified atom stereocenters. The second-order valence-corrected chi connectivity index (χ2v) is 10.8. The molecule has 0 aromatic heterocycles. The summed E-state index contributed by atoms with van der Waals surface area (Å²) < 4.78 is 17.1. The minimum Gasteiger partial charge on any atom is -0.426 e. The molecule has 0 spiro atoms. The van der Waals surface area contributed by atoms with Crippen LogP contribution in [0.1, 0.15) is 55.5 Å². The van der Waals surface area contributed by atoms with Gasteiger partial charge in [-0.2, -0.15) is 0 Å². The monoisotopic (exact) mass is 552 g/mol. The highest BCUT2D eigenvalue weighted by Gasteiger charge is 2.25. The number of hydrogen-bond donors (Lipinski definition) is 0. The minimum absolute atomic E-state index is 0.0262. The lowest BCUT2D eigenvalue weighted by atomic mass is 9.90. The molecule has 0 radical (unpaired) electrons. The van der Waals surface area contributed by atoms with Gasteiger partial charge in [-0.1, -0.05) is 51.3 Å². The molecule has 4 rings (SSSR count). The van der Waals surface area contributed by atoms with Gasteiger partial charge in [0.15, 0.2) is 5.78 Å². The first-order valence-electron chi connectivity index (χ1n) is 13.7. The van der Waals surface area contributed by atoms with Crippen LogP contribution in [0, 0.1) is 19.8 Å². The molecule has 41 heavy (non-hydrogen) atoms. The number of ether oxygens (including phenoxy) is 3. The summed E-state index contributed by atoms with van der Waals surface area (Å²) in [6, 6.07) is 15.7. The molecule has 0 saturated carbocycles. The Morgan fingerprint density at radius 2 is 1.66 bits per heavy atom. The Labute approximate surface area is 241 Å². The summed E-state index contributed by atoms with van der Waals surface area (Å²) in [6.07, 6.45) is 2.92. The maximum absolute atomic E-state index is 12.5. The van der Waals surface area contributed by atoms with Crippen LogP contribution in [-0.2, 0) is 25.5 Å². The van der Waals surface area contributed by atoms with E-state index in [-0.39, 0.29) is 41.7 Å². The lowest BCUT2D eigenvalue weighted by molar-refractivity contribution is -0.137. The Morgan fingerprint density at radius 3 is 2.34 bits per heavy atom. The van der Waals surface area contributed by atoms with Gasteiger partial charge >= 0.3 is 11.9 Å². The first-order valence-corrected chi connectivity index (χ1v) is 13.7. The van der Waals surface area contributed by atoms with Crippen LogP contribution in [0.3, 0.4) is 0 Å². The van der Waals surface area contributed by atoms with Gasteiger partial charge in [0.2, 0.25) is 0 Å². The first-order chi connectivity index (χ1) is 19.5. The molecule has 0 N–H and O–H groups in total. The number of carbonyl (C=O) groups is 3. The molecule has 0 aliphatic heterocycles. The summed E-state index contributed by atoms with van der Waals surface area (Å²) in [4.78, 5) is 36.4. The van der Waals surface area contributed by atoms with Gasteiger partial charge in [-0.25, -0.2) is 4.79 Å². The Balaban J connectivity index is 1.71. The Bertz CT molecular complexity index is 1540. The van der Waals surface area contributed by atoms with Crippen LogP contribution < -0.4 is 9.47 Å². The summed E-state index contributed by atoms with van der Waals surface area (Å²) in [7, 11) is 0. The van der Waals surface area contributed by atoms with Crippen molar-refractivity contribution in [3.8, 4) is 33.8 Å². The van der Waals surface area contributed by atoms with Crippen molar-refractivity contribution in [1.82, 2.24) is 0 Å². The molecule has 212 valence electrons. The predicted octanol–water partition coefficient (Wildman–Crippen LogP) is 7.44. The minimum atomic E-state index is -0.561. The molecular weight excluding hydrogens is 516 g/mol. The van der Waals surface area contributed by atoms with Crippen LogP contribution >= 0.6 is 0 Å². The van der Waals surface area contributed by atoms with Gasteiger partial charge in [0, 0.05) is 17.2 Å². The van der Waals surface area contributed by atoms with Crippen molar-refractivity contribution in [3.63, 3.8) is 0 Å². The van der Waals surface area contributed by atoms with E-state index in [1.165, 1.54) is 11.6 Å². The fraction of sp³-hybridized carbons (Fsp3) is 0.286. The molecule has 3 aromatic rings. The first kappa shape index (κ1) is 29.7. The molecule has 0 bridgehead atoms. The number of aryl methyl sites for hydroxylation is 3. The normalized spacial score (nSPS) is 14.0. The average molecular weight is 553 g/mol. The van der Waals surface area contributed by atoms with E-state index in [1.807, 2.05) is 13.8 Å². The zero-order valence-corrected chi connectivity index (χ0v) is 24.3. The molecule has 0 saturated heterocycles. The van der Waals surface area contributed by atoms with E-state index in [2.05, 4.69) is 43.5 Å². The molecule has 6 nitrogen and oxygen atoms in total. The van der Waals surface area contributed by atoms with Gasteiger partial charge in [-0.15, -0.1) is 0 Å². The van der Waals surface area contributed by atoms with Gasteiger partial charge in [0.05, 0.1) is 12.0 Å². The van der Waals surface area contributed by atoms with Crippen LogP contribution in [0.5, 0.6) is 11.5 Å². The third kappa shape index (κ3) is 6.72. The fourth-order valence-corrected chi connectivity index (χ4v) is 4.86. The largest absolute Gasteiger partial charge is 0.426 e. The van der Waals surface area contributed by atoms with E-state index in [9.17, 15) is 14.4 Å². The van der Waals surface area contributed by atoms with E-state index < -0.39 is 5.97 Å². The zero-order valence-electron chi connectivity index (χ0n) is 24.3. The number of ketones is 1. The Morgan fingerprint density at radius 1 is 0.951 bits per heavy atom. The van der Waals surface area contributed by atoms with Crippen LogP contribution in [0.2, 0.25) is 0 Å². The molecular formula is C35H36O6. The molecule has 0 fully saturated rings. The van der Waals surface area contributed by atoms with Gasteiger partial charge in [0.25, 0.3) is 0 Å². The molecule has 6 heteroatoms. The SMILES string of the molecule is C=CC(=O)COC1CCc2ccc(-c3cc(C)c(-c4ccc(OC(=O)C(C)C)cc4OC(=O)C(=C)C)cc3C)cc21. The number of carbonyl (C=O) groups excluding carboxylic acids is 3. The summed E-state index contributed by atoms with van der Waals surface area (Å²) in [6.45, 7) is 16.4. The van der Waals surface area contributed by atoms with Crippen LogP contribution in [-0.4, -0.2) is 24.3 Å². The second kappa shape index (κ2) is 12.5. The fourth-order valence-electron chi connectivity index (χ4n) is 4.86. The maximum Gasteiger partial charge on any atom is 0.338 e. The lowest BCUT2D eigenvalue weighted by Crippen LogP contribution is -2.15. The van der Waals surface area contributed by atoms with Crippen molar-refractivity contribution in [1.29, 1.82) is 0 Å². The highest BCUT2D eigenvalue weighted by Crippen LogP contribution is 2.41. The van der Waals surface area contributed by atoms with E-state index >= 15 is 0 Å². The van der Waals surface area contributed by atoms with E-state index in [4.69, 9.17) is 14.2 Å². The smallest absolute Gasteiger partial charge is 0.338 e. The number of benzene rings is 3. The number of rotatable bonds is 10. The quantitative estimate of drug-likeness (QED) is 0.148. The summed E-state index contributed by atoms with van der Waals surface area (Å²) in [5.74, 6) is -0.781. The van der Waals surface area contributed by atoms with Crippen LogP contribution in [0.15, 0.2) is 73.3 Å². The van der Waals surface area contributed by atoms with Gasteiger partial charge < -0.3 is 14.2 Å². The van der Waals surface area contributed by atoms with Crippen molar-refractivity contribution >= 4 is 17.7 Å². The maximum atomic E-state index is 12.5. The van der Waals surface area contributed by atoms with Gasteiger partial charge in [-0.3, -0.25) is 9.59 Å². The number of fused-ring (bicyclic) bond motifs is 1. The van der Waals surface area contributed by atoms with E-state index in [1.54, 1.807) is 39.0 Å². The summed E-state index contributed by atoms with van der Waals surface area (Å²) in [5, 5.41) is 0. The molecule has 1 aliphatic rings. The summed E-state index contributed by atoms with van der Waals surface area (Å²) >= 11 is 0. The molecule has 0 amide bonds. The Hall–Kier alpha value is -4.29. The molecule has 1 atom stereocenters. The van der Waals surface area contributed by atoms with E-state index in [0.717, 1.165) is 46.2 Å². The van der Waals surface area contributed by atoms with Crippen molar-refractivity contribution in [2.75, 3.05) is 6.61 Å². The van der Waals surface area contributed by atoms with Crippen molar-refractivity contribution in [2.45, 2.75) is 53.6 Å². The summed E-state index contributed by atoms with van der Waals surface area (Å²) in [5.41, 5.74) is 8.35. The number of esters is 2. The predicted molar refractivity (Wildman–Crippen MR) is 160 cm³/mol. The van der Waals surface area contributed by atoms with Gasteiger partial charge in [0.1, 0.15) is 18.1 Å². The van der Waals surface area contributed by atoms with Crippen molar-refractivity contribution in [3.05, 3.63) is 95.6 Å². The highest BCUT2D eigenvalue weighted by molar-refractivity contribution is 5.91. The van der Waals surface area contributed by atoms with Crippen LogP contribution in [0.25, 0.3) is 22.3 Å². The van der Waals surface area contributed by atoms with Crippen LogP contribution in [0.4, 0.5) is 0 Å². The second-order valence-electron chi connectivity index (χ2n) is 10.8. The molecule has 0 heterocycles. The molecule has 3 aromatic carbocycles. The van der Waals surface area contributed by atoms with Gasteiger partial charge in [-0.05, 0) is 96.8 Å². The highest BCUT2D eigenvalue weighted by atomic mass is 16.5. The topological polar surface area (TPSA) is 78.9 Å². The third-order valence-corrected chi connectivity index (χ3v) is 7.19. The Kier molecular flexibility index (Phi) is 9.04. The van der Waals surface area contributed by atoms with E-state index in [0.29, 0.717) is 11.3 Å². The molecule has 1 aliphatic carbocycles. The van der Waals surface area contributed by atoms with Crippen molar-refractivity contribution in [2.24, 2.45) is 5.92 Å². The zero-order chi connectivity index (χ0) is 29.8. The number of hydrogen-bond acceptors (Lipinski definition) is 6. The lowest BCUT2D eigenvalue weighted by Gasteiger charge is -2.18. The standard InChI is InChI=1S/C35H36O6/c1-8-26(36)19-39-32-14-11-24-9-10-25(17-31(24)32)29-15-23(7)30(16-22(29)6)28-13-12-27(40-34(37)20(2)3)18-33(28)41-35(38)21(4)5/h8-10,12-13,15-18,20,32H,1,4,11,14,19H2,2-3,5-7H3. The average Bonchev–Trinajstić information content (AvgIpc) is 3.35. The third-order valence-electron chi connectivity index (χ3n) is 7.19.